The van der Waals surface area contributed by atoms with E-state index in [2.05, 4.69) is 27.1 Å². The van der Waals surface area contributed by atoms with Gasteiger partial charge in [0.1, 0.15) is 0 Å². The molecule has 0 atom stereocenters. The molecule has 0 bridgehead atoms. The molecular weight excluding hydrogens is 252 g/mol. The summed E-state index contributed by atoms with van der Waals surface area (Å²) in [4.78, 5) is 19.0. The number of carbonyl (C=O) groups is 1. The number of benzene rings is 1. The molecule has 20 heavy (non-hydrogen) atoms. The first-order valence-corrected chi connectivity index (χ1v) is 6.26. The summed E-state index contributed by atoms with van der Waals surface area (Å²) >= 11 is 0. The second kappa shape index (κ2) is 6.55. The number of nitrogens with one attached hydrogen (secondary N) is 2. The summed E-state index contributed by atoms with van der Waals surface area (Å²) in [6.45, 7) is 2.60. The van der Waals surface area contributed by atoms with Crippen molar-refractivity contribution in [2.45, 2.75) is 13.5 Å². The lowest BCUT2D eigenvalue weighted by Gasteiger charge is -2.08. The van der Waals surface area contributed by atoms with Crippen LogP contribution < -0.4 is 11.1 Å². The highest BCUT2D eigenvalue weighted by Gasteiger charge is 2.10. The summed E-state index contributed by atoms with van der Waals surface area (Å²) in [5.41, 5.74) is 8.52. The Hall–Kier alpha value is -2.58. The molecule has 4 N–H and O–H groups in total. The molecule has 2 aromatic rings. The van der Waals surface area contributed by atoms with Gasteiger partial charge in [0, 0.05) is 17.3 Å². The Bertz CT molecular complexity index is 650. The van der Waals surface area contributed by atoms with Crippen LogP contribution in [0.25, 0.3) is 0 Å². The molecule has 1 heterocycles. The van der Waals surface area contributed by atoms with Gasteiger partial charge < -0.3 is 16.0 Å². The average Bonchev–Trinajstić information content (AvgIpc) is 2.97. The molecule has 0 saturated heterocycles. The highest BCUT2D eigenvalue weighted by Crippen LogP contribution is 2.13. The molecule has 1 aromatic carbocycles. The van der Waals surface area contributed by atoms with Gasteiger partial charge in [0.25, 0.3) is 5.91 Å². The van der Waals surface area contributed by atoms with E-state index in [9.17, 15) is 4.79 Å². The van der Waals surface area contributed by atoms with Gasteiger partial charge in [0.2, 0.25) is 0 Å². The van der Waals surface area contributed by atoms with Crippen LogP contribution in [0.3, 0.4) is 0 Å². The second-order valence-electron chi connectivity index (χ2n) is 4.24. The van der Waals surface area contributed by atoms with Crippen LogP contribution in [0.2, 0.25) is 0 Å². The van der Waals surface area contributed by atoms with E-state index in [0.29, 0.717) is 18.7 Å². The lowest BCUT2D eigenvalue weighted by atomic mass is 10.0. The Morgan fingerprint density at radius 2 is 2.35 bits per heavy atom. The number of H-pyrrole nitrogens is 1. The van der Waals surface area contributed by atoms with Crippen LogP contribution in [0.15, 0.2) is 30.7 Å². The highest BCUT2D eigenvalue weighted by atomic mass is 16.1. The fourth-order valence-corrected chi connectivity index (χ4v) is 1.82. The van der Waals surface area contributed by atoms with E-state index in [1.165, 1.54) is 0 Å². The summed E-state index contributed by atoms with van der Waals surface area (Å²) in [5, 5.41) is 2.84. The van der Waals surface area contributed by atoms with Gasteiger partial charge in [-0.25, -0.2) is 4.98 Å². The van der Waals surface area contributed by atoms with E-state index in [1.807, 2.05) is 19.1 Å². The Morgan fingerprint density at radius 3 is 3.05 bits per heavy atom. The van der Waals surface area contributed by atoms with Gasteiger partial charge in [-0.05, 0) is 24.6 Å². The number of aromatic amines is 1. The third kappa shape index (κ3) is 3.25. The zero-order chi connectivity index (χ0) is 14.4. The minimum atomic E-state index is -0.131. The van der Waals surface area contributed by atoms with Crippen molar-refractivity contribution >= 4 is 5.91 Å². The Morgan fingerprint density at radius 1 is 1.50 bits per heavy atom. The molecule has 0 fully saturated rings. The van der Waals surface area contributed by atoms with Crippen molar-refractivity contribution in [3.63, 3.8) is 0 Å². The normalized spacial score (nSPS) is 9.70. The number of hydrogen-bond donors (Lipinski definition) is 3. The maximum Gasteiger partial charge on any atom is 0.251 e. The van der Waals surface area contributed by atoms with Crippen molar-refractivity contribution in [2.75, 3.05) is 6.54 Å². The van der Waals surface area contributed by atoms with E-state index < -0.39 is 0 Å². The zero-order valence-electron chi connectivity index (χ0n) is 11.2. The highest BCUT2D eigenvalue weighted by molar-refractivity contribution is 5.96. The average molecular weight is 268 g/mol. The van der Waals surface area contributed by atoms with Gasteiger partial charge in [-0.2, -0.15) is 0 Å². The van der Waals surface area contributed by atoms with Crippen molar-refractivity contribution in [1.29, 1.82) is 0 Å². The number of imidazole rings is 1. The molecule has 0 aliphatic carbocycles. The van der Waals surface area contributed by atoms with Crippen LogP contribution in [0.5, 0.6) is 0 Å². The minimum Gasteiger partial charge on any atom is -0.347 e. The number of nitrogens with zero attached hydrogens (tertiary/aromatic N) is 1. The van der Waals surface area contributed by atoms with Gasteiger partial charge >= 0.3 is 0 Å². The Balaban J connectivity index is 2.13. The molecule has 5 heteroatoms. The van der Waals surface area contributed by atoms with Gasteiger partial charge in [0.05, 0.1) is 25.1 Å². The fraction of sp³-hybridized carbons (Fsp3) is 0.200. The minimum absolute atomic E-state index is 0.131. The van der Waals surface area contributed by atoms with Crippen molar-refractivity contribution in [1.82, 2.24) is 15.3 Å². The number of nitrogens with two attached hydrogens (primary N) is 1. The van der Waals surface area contributed by atoms with Crippen molar-refractivity contribution in [3.8, 4) is 11.8 Å². The lowest BCUT2D eigenvalue weighted by molar-refractivity contribution is 0.0950. The molecular formula is C15H16N4O. The van der Waals surface area contributed by atoms with Crippen molar-refractivity contribution < 1.29 is 4.79 Å². The predicted molar refractivity (Wildman–Crippen MR) is 76.9 cm³/mol. The van der Waals surface area contributed by atoms with Crippen molar-refractivity contribution in [3.05, 3.63) is 53.1 Å². The molecule has 1 amide bonds. The van der Waals surface area contributed by atoms with E-state index >= 15 is 0 Å². The summed E-state index contributed by atoms with van der Waals surface area (Å²) in [5.74, 6) is 5.63. The quantitative estimate of drug-likeness (QED) is 0.725. The van der Waals surface area contributed by atoms with Crippen LogP contribution >= 0.6 is 0 Å². The van der Waals surface area contributed by atoms with Gasteiger partial charge in [-0.15, -0.1) is 0 Å². The maximum absolute atomic E-state index is 12.2. The molecule has 0 spiro atoms. The molecule has 0 aliphatic heterocycles. The van der Waals surface area contributed by atoms with E-state index in [4.69, 9.17) is 5.73 Å². The summed E-state index contributed by atoms with van der Waals surface area (Å²) in [6, 6.07) is 5.48. The van der Waals surface area contributed by atoms with Gasteiger partial charge in [-0.3, -0.25) is 4.79 Å². The number of carbonyl (C=O) groups excluding carboxylic acids is 1. The maximum atomic E-state index is 12.2. The first-order valence-electron chi connectivity index (χ1n) is 6.26. The van der Waals surface area contributed by atoms with Crippen LogP contribution in [0.4, 0.5) is 0 Å². The second-order valence-corrected chi connectivity index (χ2v) is 4.24. The zero-order valence-corrected chi connectivity index (χ0v) is 11.2. The van der Waals surface area contributed by atoms with Crippen molar-refractivity contribution in [2.24, 2.45) is 5.73 Å². The molecule has 0 aliphatic rings. The molecule has 102 valence electrons. The molecule has 0 saturated carbocycles. The predicted octanol–water partition coefficient (Wildman–Crippen LogP) is 0.958. The topological polar surface area (TPSA) is 83.8 Å². The Kier molecular flexibility index (Phi) is 4.53. The molecule has 0 unspecified atom stereocenters. The molecule has 5 nitrogen and oxygen atoms in total. The number of hydrogen-bond acceptors (Lipinski definition) is 3. The van der Waals surface area contributed by atoms with Crippen LogP contribution in [-0.2, 0) is 6.54 Å². The lowest BCUT2D eigenvalue weighted by Crippen LogP contribution is -2.24. The summed E-state index contributed by atoms with van der Waals surface area (Å²) < 4.78 is 0. The van der Waals surface area contributed by atoms with Gasteiger partial charge in [-0.1, -0.05) is 17.9 Å². The molecule has 0 radical (unpaired) electrons. The first-order chi connectivity index (χ1) is 9.72. The van der Waals surface area contributed by atoms with E-state index in [1.54, 1.807) is 18.6 Å². The first kappa shape index (κ1) is 13.8. The third-order valence-electron chi connectivity index (χ3n) is 2.90. The molecule has 2 rings (SSSR count). The SMILES string of the molecule is Cc1c(C#CCN)cccc1C(=O)NCc1cnc[nH]1. The smallest absolute Gasteiger partial charge is 0.251 e. The largest absolute Gasteiger partial charge is 0.347 e. The van der Waals surface area contributed by atoms with E-state index in [-0.39, 0.29) is 5.91 Å². The van der Waals surface area contributed by atoms with Crippen LogP contribution in [0, 0.1) is 18.8 Å². The van der Waals surface area contributed by atoms with Gasteiger partial charge in [0.15, 0.2) is 0 Å². The number of rotatable bonds is 3. The molecule has 1 aromatic heterocycles. The fourth-order valence-electron chi connectivity index (χ4n) is 1.82. The van der Waals surface area contributed by atoms with Crippen LogP contribution in [0.1, 0.15) is 27.2 Å². The number of amides is 1. The summed E-state index contributed by atoms with van der Waals surface area (Å²) in [6.07, 6.45) is 3.26. The summed E-state index contributed by atoms with van der Waals surface area (Å²) in [7, 11) is 0. The monoisotopic (exact) mass is 268 g/mol. The Labute approximate surface area is 117 Å². The standard InChI is InChI=1S/C15H16N4O/c1-11-12(5-3-7-16)4-2-6-14(11)15(20)18-9-13-8-17-10-19-13/h2,4,6,8,10H,7,9,16H2,1H3,(H,17,19)(H,18,20). The van der Waals surface area contributed by atoms with Crippen LogP contribution in [-0.4, -0.2) is 22.4 Å². The number of aromatic nitrogens is 2. The van der Waals surface area contributed by atoms with E-state index in [0.717, 1.165) is 16.8 Å². The third-order valence-corrected chi connectivity index (χ3v) is 2.90.